The number of hydrogen-bond acceptors (Lipinski definition) is 7. The number of aliphatic hydroxyl groups is 2. The van der Waals surface area contributed by atoms with E-state index in [1.165, 1.54) is 7.11 Å². The zero-order chi connectivity index (χ0) is 27.1. The van der Waals surface area contributed by atoms with Crippen LogP contribution in [0.1, 0.15) is 91.4 Å². The lowest BCUT2D eigenvalue weighted by Crippen LogP contribution is -2.62. The molecule has 0 bridgehead atoms. The zero-order valence-corrected chi connectivity index (χ0v) is 22.9. The van der Waals surface area contributed by atoms with Gasteiger partial charge in [-0.3, -0.25) is 14.4 Å². The second kappa shape index (κ2) is 10.8. The molecule has 4 aliphatic rings. The van der Waals surface area contributed by atoms with Gasteiger partial charge in [0.25, 0.3) is 0 Å². The molecule has 4 saturated carbocycles. The largest absolute Gasteiger partial charge is 0.481 e. The van der Waals surface area contributed by atoms with Crippen molar-refractivity contribution in [3.63, 3.8) is 0 Å². The summed E-state index contributed by atoms with van der Waals surface area (Å²) in [4.78, 5) is 34.7. The zero-order valence-electron chi connectivity index (χ0n) is 22.9. The van der Waals surface area contributed by atoms with Crippen molar-refractivity contribution >= 4 is 17.9 Å². The number of esters is 2. The number of carboxylic acid groups (broad SMARTS) is 1. The van der Waals surface area contributed by atoms with E-state index in [1.807, 2.05) is 0 Å². The summed E-state index contributed by atoms with van der Waals surface area (Å²) in [7, 11) is 1.42. The first-order chi connectivity index (χ1) is 17.4. The molecule has 37 heavy (non-hydrogen) atoms. The molecule has 4 fully saturated rings. The van der Waals surface area contributed by atoms with E-state index in [2.05, 4.69) is 20.8 Å². The number of methoxy groups -OCH3 is 1. The number of carbonyl (C=O) groups excluding carboxylic acids is 2. The summed E-state index contributed by atoms with van der Waals surface area (Å²) in [5.41, 5.74) is -0.317. The Kier molecular flexibility index (Phi) is 8.30. The van der Waals surface area contributed by atoms with Crippen molar-refractivity contribution in [1.82, 2.24) is 0 Å². The Bertz CT molecular complexity index is 874. The Morgan fingerprint density at radius 1 is 0.946 bits per heavy atom. The molecule has 0 heterocycles. The van der Waals surface area contributed by atoms with Gasteiger partial charge in [-0.05, 0) is 97.7 Å². The van der Waals surface area contributed by atoms with Crippen LogP contribution in [-0.4, -0.2) is 58.6 Å². The highest BCUT2D eigenvalue weighted by Crippen LogP contribution is 2.68. The number of rotatable bonds is 8. The Morgan fingerprint density at radius 3 is 2.35 bits per heavy atom. The SMILES string of the molecule is COC(=O)CC[C@H](C)[C@@H]1CC[C@@H]2[C@H]3[C@H](O)C[C@H]4C[C@@H](OC(=O)CCC(=O)O)CC[C@]4(C)[C@@H]3C[C@@H](O)[C@]21C. The number of aliphatic carboxylic acids is 1. The molecule has 8 nitrogen and oxygen atoms in total. The van der Waals surface area contributed by atoms with Crippen LogP contribution in [-0.2, 0) is 23.9 Å². The molecule has 3 N–H and O–H groups in total. The molecule has 0 amide bonds. The third-order valence-corrected chi connectivity index (χ3v) is 11.4. The van der Waals surface area contributed by atoms with Crippen LogP contribution in [0.3, 0.4) is 0 Å². The lowest BCUT2D eigenvalue weighted by molar-refractivity contribution is -0.209. The van der Waals surface area contributed by atoms with Gasteiger partial charge in [0.2, 0.25) is 0 Å². The monoisotopic (exact) mass is 522 g/mol. The van der Waals surface area contributed by atoms with E-state index in [9.17, 15) is 24.6 Å². The summed E-state index contributed by atoms with van der Waals surface area (Å²) in [6.45, 7) is 6.72. The van der Waals surface area contributed by atoms with Crippen molar-refractivity contribution in [2.75, 3.05) is 7.11 Å². The summed E-state index contributed by atoms with van der Waals surface area (Å²) < 4.78 is 10.5. The number of hydrogen-bond donors (Lipinski definition) is 3. The van der Waals surface area contributed by atoms with Crippen LogP contribution in [0.25, 0.3) is 0 Å². The van der Waals surface area contributed by atoms with Crippen LogP contribution in [0.2, 0.25) is 0 Å². The van der Waals surface area contributed by atoms with E-state index in [4.69, 9.17) is 14.6 Å². The highest BCUT2D eigenvalue weighted by Gasteiger charge is 2.65. The Labute approximate surface area is 220 Å². The van der Waals surface area contributed by atoms with E-state index in [0.717, 1.165) is 32.1 Å². The molecular formula is C29H46O8. The maximum Gasteiger partial charge on any atom is 0.306 e. The van der Waals surface area contributed by atoms with Gasteiger partial charge in [0.05, 0.1) is 32.2 Å². The minimum Gasteiger partial charge on any atom is -0.481 e. The molecule has 0 aliphatic heterocycles. The fraction of sp³-hybridized carbons (Fsp3) is 0.897. The first-order valence-corrected chi connectivity index (χ1v) is 14.3. The van der Waals surface area contributed by atoms with Crippen molar-refractivity contribution in [3.8, 4) is 0 Å². The third kappa shape index (κ3) is 5.17. The molecule has 0 spiro atoms. The number of carbonyl (C=O) groups is 3. The number of aliphatic hydroxyl groups excluding tert-OH is 2. The van der Waals surface area contributed by atoms with Gasteiger partial charge in [-0.2, -0.15) is 0 Å². The minimum absolute atomic E-state index is 0.0369. The lowest BCUT2D eigenvalue weighted by atomic mass is 9.43. The second-order valence-corrected chi connectivity index (χ2v) is 13.0. The topological polar surface area (TPSA) is 130 Å². The summed E-state index contributed by atoms with van der Waals surface area (Å²) in [6, 6.07) is 0. The van der Waals surface area contributed by atoms with E-state index in [-0.39, 0.29) is 65.3 Å². The van der Waals surface area contributed by atoms with Gasteiger partial charge in [-0.25, -0.2) is 0 Å². The normalized spacial score (nSPS) is 43.6. The fourth-order valence-corrected chi connectivity index (χ4v) is 9.32. The first kappa shape index (κ1) is 28.3. The van der Waals surface area contributed by atoms with Gasteiger partial charge < -0.3 is 24.8 Å². The van der Waals surface area contributed by atoms with Gasteiger partial charge >= 0.3 is 17.9 Å². The quantitative estimate of drug-likeness (QED) is 0.409. The predicted molar refractivity (Wildman–Crippen MR) is 135 cm³/mol. The lowest BCUT2D eigenvalue weighted by Gasteiger charge is -2.63. The minimum atomic E-state index is -1.01. The summed E-state index contributed by atoms with van der Waals surface area (Å²) in [6.07, 6.45) is 5.26. The maximum atomic E-state index is 12.1. The van der Waals surface area contributed by atoms with E-state index < -0.39 is 24.1 Å². The molecular weight excluding hydrogens is 476 g/mol. The molecule has 0 saturated heterocycles. The average Bonchev–Trinajstić information content (AvgIpc) is 3.21. The van der Waals surface area contributed by atoms with Crippen molar-refractivity contribution in [1.29, 1.82) is 0 Å². The van der Waals surface area contributed by atoms with Crippen molar-refractivity contribution in [3.05, 3.63) is 0 Å². The molecule has 0 aromatic carbocycles. The molecule has 0 unspecified atom stereocenters. The van der Waals surface area contributed by atoms with Crippen LogP contribution >= 0.6 is 0 Å². The van der Waals surface area contributed by atoms with Crippen LogP contribution in [0, 0.1) is 46.3 Å². The summed E-state index contributed by atoms with van der Waals surface area (Å²) >= 11 is 0. The smallest absolute Gasteiger partial charge is 0.306 e. The second-order valence-electron chi connectivity index (χ2n) is 13.0. The molecule has 11 atom stereocenters. The highest BCUT2D eigenvalue weighted by molar-refractivity contribution is 5.76. The Balaban J connectivity index is 1.47. The molecule has 0 aromatic heterocycles. The van der Waals surface area contributed by atoms with Crippen molar-refractivity contribution in [2.24, 2.45) is 46.3 Å². The molecule has 4 aliphatic carbocycles. The highest BCUT2D eigenvalue weighted by atomic mass is 16.5. The van der Waals surface area contributed by atoms with E-state index in [1.54, 1.807) is 0 Å². The fourth-order valence-electron chi connectivity index (χ4n) is 9.32. The predicted octanol–water partition coefficient (Wildman–Crippen LogP) is 3.95. The molecule has 0 radical (unpaired) electrons. The number of fused-ring (bicyclic) bond motifs is 5. The van der Waals surface area contributed by atoms with Gasteiger partial charge in [0, 0.05) is 6.42 Å². The number of ether oxygens (including phenoxy) is 2. The standard InChI is InChI=1S/C29H46O8/c1-16(5-9-25(34)36-4)19-6-7-20-27-21(15-23(31)29(19,20)3)28(2)12-11-18(13-17(28)14-22(27)30)37-26(35)10-8-24(32)33/h16-23,27,30-31H,5-15H2,1-4H3,(H,32,33)/t16-,17+,18-,19-,20+,21+,22+,23+,27+,28-,29-/m0/s1. The van der Waals surface area contributed by atoms with Gasteiger partial charge in [0.15, 0.2) is 0 Å². The number of carboxylic acids is 1. The van der Waals surface area contributed by atoms with E-state index in [0.29, 0.717) is 31.6 Å². The Morgan fingerprint density at radius 2 is 1.68 bits per heavy atom. The third-order valence-electron chi connectivity index (χ3n) is 11.4. The molecule has 8 heteroatoms. The van der Waals surface area contributed by atoms with Crippen LogP contribution < -0.4 is 0 Å². The first-order valence-electron chi connectivity index (χ1n) is 14.3. The van der Waals surface area contributed by atoms with Crippen molar-refractivity contribution in [2.45, 2.75) is 110 Å². The van der Waals surface area contributed by atoms with Crippen LogP contribution in [0.4, 0.5) is 0 Å². The van der Waals surface area contributed by atoms with Crippen molar-refractivity contribution < 1.29 is 39.2 Å². The Hall–Kier alpha value is -1.67. The van der Waals surface area contributed by atoms with Gasteiger partial charge in [-0.1, -0.05) is 20.8 Å². The van der Waals surface area contributed by atoms with Crippen LogP contribution in [0.15, 0.2) is 0 Å². The molecule has 0 aromatic rings. The van der Waals surface area contributed by atoms with Crippen LogP contribution in [0.5, 0.6) is 0 Å². The molecule has 4 rings (SSSR count). The van der Waals surface area contributed by atoms with Gasteiger partial charge in [0.1, 0.15) is 6.10 Å². The van der Waals surface area contributed by atoms with Gasteiger partial charge in [-0.15, -0.1) is 0 Å². The summed E-state index contributed by atoms with van der Waals surface area (Å²) in [5, 5.41) is 32.1. The maximum absolute atomic E-state index is 12.1. The average molecular weight is 523 g/mol. The van der Waals surface area contributed by atoms with E-state index >= 15 is 0 Å². The summed E-state index contributed by atoms with van der Waals surface area (Å²) in [5.74, 6) is -0.289. The molecule has 210 valence electrons.